The molecule has 20 heavy (non-hydrogen) atoms. The monoisotopic (exact) mass is 311 g/mol. The van der Waals surface area contributed by atoms with Gasteiger partial charge in [-0.05, 0) is 31.7 Å². The summed E-state index contributed by atoms with van der Waals surface area (Å²) in [6.45, 7) is 5.91. The van der Waals surface area contributed by atoms with Gasteiger partial charge in [0.05, 0.1) is 0 Å². The minimum absolute atomic E-state index is 0.231. The molecule has 0 aliphatic carbocycles. The highest BCUT2D eigenvalue weighted by Gasteiger charge is 2.22. The molecule has 6 heteroatoms. The number of primary amides is 1. The van der Waals surface area contributed by atoms with Crippen LogP contribution in [-0.4, -0.2) is 22.2 Å². The summed E-state index contributed by atoms with van der Waals surface area (Å²) in [5.74, 6) is 0.586. The number of thiocarbonyl (C=S) groups is 1. The molecule has 5 N–H and O–H groups in total. The maximum Gasteiger partial charge on any atom is 0.219 e. The summed E-state index contributed by atoms with van der Waals surface area (Å²) in [5.41, 5.74) is 12.3. The lowest BCUT2D eigenvalue weighted by Crippen LogP contribution is -2.36. The van der Waals surface area contributed by atoms with Crippen LogP contribution in [0.4, 0.5) is 5.69 Å². The fraction of sp³-hybridized carbons (Fsp3) is 0.429. The third-order valence-electron chi connectivity index (χ3n) is 2.66. The van der Waals surface area contributed by atoms with Gasteiger partial charge >= 0.3 is 0 Å². The number of nitrogens with two attached hydrogens (primary N) is 2. The molecule has 0 radical (unpaired) electrons. The van der Waals surface area contributed by atoms with Gasteiger partial charge in [0, 0.05) is 28.1 Å². The minimum atomic E-state index is -0.457. The molecule has 0 heterocycles. The van der Waals surface area contributed by atoms with Gasteiger partial charge in [-0.1, -0.05) is 25.2 Å². The standard InChI is InChI=1S/C14H21N3OS2/c1-4-20-10-7-5-6-9(12(10)13(16)19)17-14(2,3)8-11(15)18/h5-7,17H,4,8H2,1-3H3,(H2,15,18)(H2,16,19). The molecule has 1 aromatic carbocycles. The smallest absolute Gasteiger partial charge is 0.219 e. The number of carbonyl (C=O) groups is 1. The van der Waals surface area contributed by atoms with Gasteiger partial charge < -0.3 is 16.8 Å². The highest BCUT2D eigenvalue weighted by molar-refractivity contribution is 7.99. The Hall–Kier alpha value is -1.27. The van der Waals surface area contributed by atoms with Crippen LogP contribution in [0.1, 0.15) is 32.8 Å². The Balaban J connectivity index is 3.14. The van der Waals surface area contributed by atoms with E-state index in [-0.39, 0.29) is 12.3 Å². The zero-order chi connectivity index (χ0) is 15.3. The summed E-state index contributed by atoms with van der Waals surface area (Å²) >= 11 is 6.85. The molecule has 0 atom stereocenters. The fourth-order valence-electron chi connectivity index (χ4n) is 2.01. The van der Waals surface area contributed by atoms with E-state index < -0.39 is 5.54 Å². The van der Waals surface area contributed by atoms with Crippen molar-refractivity contribution in [2.75, 3.05) is 11.1 Å². The molecule has 1 aromatic rings. The van der Waals surface area contributed by atoms with Crippen LogP contribution < -0.4 is 16.8 Å². The first kappa shape index (κ1) is 16.8. The van der Waals surface area contributed by atoms with E-state index in [1.165, 1.54) is 0 Å². The van der Waals surface area contributed by atoms with E-state index in [9.17, 15) is 4.79 Å². The van der Waals surface area contributed by atoms with Crippen LogP contribution in [0.3, 0.4) is 0 Å². The zero-order valence-electron chi connectivity index (χ0n) is 12.0. The van der Waals surface area contributed by atoms with E-state index in [4.69, 9.17) is 23.7 Å². The molecule has 1 amide bonds. The fourth-order valence-corrected chi connectivity index (χ4v) is 3.14. The van der Waals surface area contributed by atoms with Crippen LogP contribution in [0, 0.1) is 0 Å². The summed E-state index contributed by atoms with van der Waals surface area (Å²) in [7, 11) is 0. The summed E-state index contributed by atoms with van der Waals surface area (Å²) in [6.07, 6.45) is 0.231. The van der Waals surface area contributed by atoms with Crippen molar-refractivity contribution in [1.82, 2.24) is 0 Å². The molecule has 4 nitrogen and oxygen atoms in total. The Morgan fingerprint density at radius 1 is 1.40 bits per heavy atom. The lowest BCUT2D eigenvalue weighted by molar-refractivity contribution is -0.118. The van der Waals surface area contributed by atoms with Gasteiger partial charge in [-0.3, -0.25) is 4.79 Å². The van der Waals surface area contributed by atoms with E-state index in [1.807, 2.05) is 32.0 Å². The molecule has 0 saturated carbocycles. The average Bonchev–Trinajstić information content (AvgIpc) is 2.26. The second-order valence-electron chi connectivity index (χ2n) is 5.13. The summed E-state index contributed by atoms with van der Waals surface area (Å²) in [5, 5.41) is 3.32. The van der Waals surface area contributed by atoms with Crippen molar-refractivity contribution in [3.8, 4) is 0 Å². The molecule has 1 rings (SSSR count). The Bertz CT molecular complexity index is 515. The normalized spacial score (nSPS) is 11.2. The maximum absolute atomic E-state index is 11.1. The molecule has 0 aliphatic rings. The highest BCUT2D eigenvalue weighted by Crippen LogP contribution is 2.30. The van der Waals surface area contributed by atoms with Gasteiger partial charge in [-0.25, -0.2) is 0 Å². The average molecular weight is 311 g/mol. The topological polar surface area (TPSA) is 81.1 Å². The molecule has 110 valence electrons. The van der Waals surface area contributed by atoms with E-state index in [1.54, 1.807) is 11.8 Å². The van der Waals surface area contributed by atoms with Gasteiger partial charge in [0.1, 0.15) is 4.99 Å². The molecule has 0 fully saturated rings. The predicted octanol–water partition coefficient (Wildman–Crippen LogP) is 2.50. The van der Waals surface area contributed by atoms with Gasteiger partial charge in [0.25, 0.3) is 0 Å². The predicted molar refractivity (Wildman–Crippen MR) is 90.2 cm³/mol. The number of benzene rings is 1. The number of amides is 1. The van der Waals surface area contributed by atoms with E-state index in [0.29, 0.717) is 4.99 Å². The van der Waals surface area contributed by atoms with Gasteiger partial charge in [-0.2, -0.15) is 0 Å². The third kappa shape index (κ3) is 4.68. The number of thioether (sulfide) groups is 1. The number of hydrogen-bond donors (Lipinski definition) is 3. The van der Waals surface area contributed by atoms with Gasteiger partial charge in [0.15, 0.2) is 0 Å². The van der Waals surface area contributed by atoms with Gasteiger partial charge in [-0.15, -0.1) is 11.8 Å². The maximum atomic E-state index is 11.1. The molecule has 0 aromatic heterocycles. The largest absolute Gasteiger partial charge is 0.389 e. The summed E-state index contributed by atoms with van der Waals surface area (Å²) < 4.78 is 0. The third-order valence-corrected chi connectivity index (χ3v) is 3.81. The number of hydrogen-bond acceptors (Lipinski definition) is 4. The van der Waals surface area contributed by atoms with Crippen molar-refractivity contribution in [2.24, 2.45) is 11.5 Å². The lowest BCUT2D eigenvalue weighted by atomic mass is 9.99. The van der Waals surface area contributed by atoms with Crippen molar-refractivity contribution in [3.63, 3.8) is 0 Å². The molecule has 0 spiro atoms. The van der Waals surface area contributed by atoms with Crippen LogP contribution in [0.15, 0.2) is 23.1 Å². The number of nitrogens with one attached hydrogen (secondary N) is 1. The second-order valence-corrected chi connectivity index (χ2v) is 6.87. The molecular weight excluding hydrogens is 290 g/mol. The van der Waals surface area contributed by atoms with Crippen LogP contribution in [0.2, 0.25) is 0 Å². The van der Waals surface area contributed by atoms with Crippen molar-refractivity contribution in [2.45, 2.75) is 37.6 Å². The van der Waals surface area contributed by atoms with E-state index in [0.717, 1.165) is 21.9 Å². The first-order valence-electron chi connectivity index (χ1n) is 6.39. The first-order chi connectivity index (χ1) is 9.26. The van der Waals surface area contributed by atoms with Crippen molar-refractivity contribution >= 4 is 40.6 Å². The Kier molecular flexibility index (Phi) is 5.83. The Morgan fingerprint density at radius 3 is 2.55 bits per heavy atom. The highest BCUT2D eigenvalue weighted by atomic mass is 32.2. The van der Waals surface area contributed by atoms with Crippen molar-refractivity contribution in [1.29, 1.82) is 0 Å². The molecular formula is C14H21N3OS2. The molecule has 0 unspecified atom stereocenters. The van der Waals surface area contributed by atoms with Crippen molar-refractivity contribution in [3.05, 3.63) is 23.8 Å². The van der Waals surface area contributed by atoms with E-state index >= 15 is 0 Å². The van der Waals surface area contributed by atoms with Crippen molar-refractivity contribution < 1.29 is 4.79 Å². The number of carbonyl (C=O) groups excluding carboxylic acids is 1. The van der Waals surface area contributed by atoms with E-state index in [2.05, 4.69) is 12.2 Å². The summed E-state index contributed by atoms with van der Waals surface area (Å²) in [4.78, 5) is 12.5. The number of anilines is 1. The van der Waals surface area contributed by atoms with Gasteiger partial charge in [0.2, 0.25) is 5.91 Å². The second kappa shape index (κ2) is 6.95. The lowest BCUT2D eigenvalue weighted by Gasteiger charge is -2.28. The molecule has 0 bridgehead atoms. The Labute approximate surface area is 129 Å². The molecule has 0 saturated heterocycles. The van der Waals surface area contributed by atoms with Crippen LogP contribution in [-0.2, 0) is 4.79 Å². The minimum Gasteiger partial charge on any atom is -0.389 e. The van der Waals surface area contributed by atoms with Crippen LogP contribution in [0.25, 0.3) is 0 Å². The SMILES string of the molecule is CCSc1cccc(NC(C)(C)CC(N)=O)c1C(N)=S. The van der Waals surface area contributed by atoms with Crippen LogP contribution in [0.5, 0.6) is 0 Å². The first-order valence-corrected chi connectivity index (χ1v) is 7.78. The Morgan fingerprint density at radius 2 is 2.05 bits per heavy atom. The summed E-state index contributed by atoms with van der Waals surface area (Å²) in [6, 6.07) is 5.86. The molecule has 0 aliphatic heterocycles. The quantitative estimate of drug-likeness (QED) is 0.532. The zero-order valence-corrected chi connectivity index (χ0v) is 13.7. The van der Waals surface area contributed by atoms with Crippen LogP contribution >= 0.6 is 24.0 Å². The number of rotatable bonds is 7.